The highest BCUT2D eigenvalue weighted by Gasteiger charge is 2.22. The van der Waals surface area contributed by atoms with Crippen molar-refractivity contribution in [3.63, 3.8) is 0 Å². The standard InChI is InChI=1S/C17H10Cl2F2N4O2S/c18-9-4-8(6-23-25-17-24-13(22)7-28-17)15(10(19)5-9)27-16(26)14-11(20)2-1-3-12(14)21/h1-7H,22H2,(H,24,25). The molecule has 0 bridgehead atoms. The summed E-state index contributed by atoms with van der Waals surface area (Å²) in [7, 11) is 0. The van der Waals surface area contributed by atoms with Crippen LogP contribution in [0.5, 0.6) is 5.75 Å². The van der Waals surface area contributed by atoms with Gasteiger partial charge in [0.25, 0.3) is 0 Å². The number of nitrogens with two attached hydrogens (primary N) is 1. The molecule has 0 saturated heterocycles. The van der Waals surface area contributed by atoms with Crippen molar-refractivity contribution in [3.8, 4) is 5.75 Å². The van der Waals surface area contributed by atoms with Crippen LogP contribution >= 0.6 is 34.5 Å². The molecule has 0 amide bonds. The number of nitrogens with zero attached hydrogens (tertiary/aromatic N) is 2. The first-order valence-corrected chi connectivity index (χ1v) is 9.14. The molecule has 6 nitrogen and oxygen atoms in total. The Balaban J connectivity index is 1.89. The number of aromatic nitrogens is 1. The number of carbonyl (C=O) groups excluding carboxylic acids is 1. The minimum Gasteiger partial charge on any atom is -0.420 e. The van der Waals surface area contributed by atoms with Crippen molar-refractivity contribution < 1.29 is 18.3 Å². The third-order valence-corrected chi connectivity index (χ3v) is 4.55. The average molecular weight is 443 g/mol. The molecule has 0 fully saturated rings. The zero-order chi connectivity index (χ0) is 20.3. The van der Waals surface area contributed by atoms with Gasteiger partial charge < -0.3 is 10.5 Å². The van der Waals surface area contributed by atoms with Crippen LogP contribution in [0.2, 0.25) is 10.0 Å². The van der Waals surface area contributed by atoms with Crippen molar-refractivity contribution in [1.82, 2.24) is 4.98 Å². The molecule has 2 aromatic carbocycles. The molecule has 3 rings (SSSR count). The molecule has 0 radical (unpaired) electrons. The summed E-state index contributed by atoms with van der Waals surface area (Å²) < 4.78 is 32.8. The fourth-order valence-corrected chi connectivity index (χ4v) is 3.21. The van der Waals surface area contributed by atoms with Gasteiger partial charge in [-0.3, -0.25) is 5.43 Å². The van der Waals surface area contributed by atoms with Crippen LogP contribution in [-0.2, 0) is 0 Å². The SMILES string of the molecule is Nc1csc(NN=Cc2cc(Cl)cc(Cl)c2OC(=O)c2c(F)cccc2F)n1. The molecule has 0 aliphatic heterocycles. The van der Waals surface area contributed by atoms with Gasteiger partial charge in [0.1, 0.15) is 23.0 Å². The zero-order valence-corrected chi connectivity index (χ0v) is 16.1. The molecule has 0 aliphatic carbocycles. The largest absolute Gasteiger partial charge is 0.420 e. The van der Waals surface area contributed by atoms with Gasteiger partial charge in [-0.1, -0.05) is 29.3 Å². The first kappa shape index (κ1) is 20.0. The van der Waals surface area contributed by atoms with Gasteiger partial charge in [0.2, 0.25) is 5.13 Å². The second kappa shape index (κ2) is 8.51. The first-order chi connectivity index (χ1) is 13.3. The number of nitrogens with one attached hydrogen (secondary N) is 1. The molecule has 11 heteroatoms. The third-order valence-electron chi connectivity index (χ3n) is 3.28. The quantitative estimate of drug-likeness (QED) is 0.251. The molecule has 0 spiro atoms. The molecule has 144 valence electrons. The van der Waals surface area contributed by atoms with Crippen LogP contribution in [0, 0.1) is 11.6 Å². The topological polar surface area (TPSA) is 89.6 Å². The van der Waals surface area contributed by atoms with E-state index < -0.39 is 23.2 Å². The van der Waals surface area contributed by atoms with Crippen LogP contribution in [0.3, 0.4) is 0 Å². The Morgan fingerprint density at radius 1 is 1.29 bits per heavy atom. The normalized spacial score (nSPS) is 11.0. The maximum Gasteiger partial charge on any atom is 0.349 e. The van der Waals surface area contributed by atoms with Gasteiger partial charge in [0, 0.05) is 16.0 Å². The van der Waals surface area contributed by atoms with E-state index in [1.807, 2.05) is 0 Å². The number of hydrazone groups is 1. The Morgan fingerprint density at radius 2 is 2.00 bits per heavy atom. The summed E-state index contributed by atoms with van der Waals surface area (Å²) in [6, 6.07) is 5.74. The van der Waals surface area contributed by atoms with Crippen LogP contribution in [0.4, 0.5) is 19.7 Å². The van der Waals surface area contributed by atoms with Gasteiger partial charge in [-0.2, -0.15) is 5.10 Å². The smallest absolute Gasteiger partial charge is 0.349 e. The highest BCUT2D eigenvalue weighted by Crippen LogP contribution is 2.32. The Morgan fingerprint density at radius 3 is 2.64 bits per heavy atom. The lowest BCUT2D eigenvalue weighted by Crippen LogP contribution is -2.14. The fourth-order valence-electron chi connectivity index (χ4n) is 2.11. The molecule has 28 heavy (non-hydrogen) atoms. The third kappa shape index (κ3) is 4.56. The van der Waals surface area contributed by atoms with Crippen LogP contribution in [0.15, 0.2) is 40.8 Å². The second-order valence-corrected chi connectivity index (χ2v) is 6.94. The van der Waals surface area contributed by atoms with Gasteiger partial charge in [0.05, 0.1) is 11.2 Å². The summed E-state index contributed by atoms with van der Waals surface area (Å²) >= 11 is 13.3. The predicted molar refractivity (Wildman–Crippen MR) is 106 cm³/mol. The lowest BCUT2D eigenvalue weighted by Gasteiger charge is -2.11. The van der Waals surface area contributed by atoms with E-state index >= 15 is 0 Å². The van der Waals surface area contributed by atoms with Crippen molar-refractivity contribution >= 4 is 57.7 Å². The summed E-state index contributed by atoms with van der Waals surface area (Å²) in [5, 5.41) is 6.18. The van der Waals surface area contributed by atoms with E-state index in [-0.39, 0.29) is 21.4 Å². The summed E-state index contributed by atoms with van der Waals surface area (Å²) in [5.74, 6) is -3.21. The number of anilines is 2. The van der Waals surface area contributed by atoms with Crippen molar-refractivity contribution in [3.05, 3.63) is 68.5 Å². The first-order valence-electron chi connectivity index (χ1n) is 7.50. The lowest BCUT2D eigenvalue weighted by molar-refractivity contribution is 0.0724. The Hall–Kier alpha value is -2.75. The van der Waals surface area contributed by atoms with Gasteiger partial charge >= 0.3 is 5.97 Å². The van der Waals surface area contributed by atoms with Crippen molar-refractivity contribution in [2.24, 2.45) is 5.10 Å². The average Bonchev–Trinajstić information content (AvgIpc) is 3.03. The number of ether oxygens (including phenoxy) is 1. The Bertz CT molecular complexity index is 1060. The number of carbonyl (C=O) groups is 1. The number of hydrogen-bond acceptors (Lipinski definition) is 7. The van der Waals surface area contributed by atoms with E-state index in [9.17, 15) is 13.6 Å². The number of halogens is 4. The minimum atomic E-state index is -1.25. The van der Waals surface area contributed by atoms with Gasteiger partial charge in [-0.25, -0.2) is 18.6 Å². The number of thiazole rings is 1. The number of nitrogen functional groups attached to an aromatic ring is 1. The highest BCUT2D eigenvalue weighted by molar-refractivity contribution is 7.14. The van der Waals surface area contributed by atoms with E-state index in [1.165, 1.54) is 29.7 Å². The monoisotopic (exact) mass is 442 g/mol. The van der Waals surface area contributed by atoms with Crippen LogP contribution in [0.1, 0.15) is 15.9 Å². The molecule has 1 heterocycles. The van der Waals surface area contributed by atoms with Gasteiger partial charge in [0.15, 0.2) is 5.75 Å². The van der Waals surface area contributed by atoms with Crippen LogP contribution in [0.25, 0.3) is 0 Å². The minimum absolute atomic E-state index is 0.0439. The molecule has 3 aromatic rings. The molecule has 0 aliphatic rings. The van der Waals surface area contributed by atoms with Gasteiger partial charge in [-0.15, -0.1) is 11.3 Å². The van der Waals surface area contributed by atoms with E-state index in [4.69, 9.17) is 33.7 Å². The highest BCUT2D eigenvalue weighted by atomic mass is 35.5. The summed E-state index contributed by atoms with van der Waals surface area (Å²) in [6.07, 6.45) is 1.26. The predicted octanol–water partition coefficient (Wildman–Crippen LogP) is 4.98. The molecule has 0 saturated carbocycles. The van der Waals surface area contributed by atoms with E-state index in [0.29, 0.717) is 10.9 Å². The number of hydrogen-bond donors (Lipinski definition) is 2. The van der Waals surface area contributed by atoms with E-state index in [2.05, 4.69) is 15.5 Å². The van der Waals surface area contributed by atoms with Crippen LogP contribution in [-0.4, -0.2) is 17.2 Å². The molecule has 1 aromatic heterocycles. The molecule has 3 N–H and O–H groups in total. The zero-order valence-electron chi connectivity index (χ0n) is 13.7. The van der Waals surface area contributed by atoms with Gasteiger partial charge in [-0.05, 0) is 24.3 Å². The number of esters is 1. The number of rotatable bonds is 5. The van der Waals surface area contributed by atoms with Crippen molar-refractivity contribution in [1.29, 1.82) is 0 Å². The van der Waals surface area contributed by atoms with Crippen molar-refractivity contribution in [2.75, 3.05) is 11.2 Å². The second-order valence-electron chi connectivity index (χ2n) is 5.24. The molecular weight excluding hydrogens is 433 g/mol. The molecule has 0 unspecified atom stereocenters. The molecular formula is C17H10Cl2F2N4O2S. The lowest BCUT2D eigenvalue weighted by atomic mass is 10.2. The fraction of sp³-hybridized carbons (Fsp3) is 0. The number of benzene rings is 2. The Labute approximate surface area is 171 Å². The summed E-state index contributed by atoms with van der Waals surface area (Å²) in [5.41, 5.74) is 7.50. The molecule has 0 atom stereocenters. The van der Waals surface area contributed by atoms with Crippen molar-refractivity contribution in [2.45, 2.75) is 0 Å². The summed E-state index contributed by atoms with van der Waals surface area (Å²) in [6.45, 7) is 0. The maximum atomic E-state index is 13.8. The van der Waals surface area contributed by atoms with E-state index in [0.717, 1.165) is 18.2 Å². The maximum absolute atomic E-state index is 13.8. The van der Waals surface area contributed by atoms with E-state index in [1.54, 1.807) is 5.38 Å². The Kier molecular flexibility index (Phi) is 6.08. The van der Waals surface area contributed by atoms with Crippen LogP contribution < -0.4 is 15.9 Å². The summed E-state index contributed by atoms with van der Waals surface area (Å²) in [4.78, 5) is 16.2.